The van der Waals surface area contributed by atoms with Gasteiger partial charge < -0.3 is 8.94 Å². The van der Waals surface area contributed by atoms with Crippen LogP contribution in [0.3, 0.4) is 0 Å². The van der Waals surface area contributed by atoms with Gasteiger partial charge in [0.2, 0.25) is 0 Å². The number of rotatable bonds is 6. The number of hydrogen-bond donors (Lipinski definition) is 0. The molecule has 0 aliphatic carbocycles. The van der Waals surface area contributed by atoms with Gasteiger partial charge in [0.25, 0.3) is 10.0 Å². The van der Waals surface area contributed by atoms with Crippen molar-refractivity contribution in [1.82, 2.24) is 10.1 Å². The van der Waals surface area contributed by atoms with Crippen molar-refractivity contribution in [3.05, 3.63) is 95.7 Å². The van der Waals surface area contributed by atoms with Crippen LogP contribution in [0.15, 0.2) is 99.0 Å². The van der Waals surface area contributed by atoms with Gasteiger partial charge in [-0.1, -0.05) is 59.2 Å². The third-order valence-corrected chi connectivity index (χ3v) is 6.87. The molecular formula is C23H16ClN3O4S. The second-order valence-corrected chi connectivity index (χ2v) is 9.31. The van der Waals surface area contributed by atoms with Crippen LogP contribution in [0, 0.1) is 0 Å². The van der Waals surface area contributed by atoms with Crippen molar-refractivity contribution in [3.63, 3.8) is 0 Å². The van der Waals surface area contributed by atoms with E-state index in [0.29, 0.717) is 21.8 Å². The van der Waals surface area contributed by atoms with Crippen LogP contribution in [0.25, 0.3) is 22.4 Å². The highest BCUT2D eigenvalue weighted by Gasteiger charge is 2.29. The summed E-state index contributed by atoms with van der Waals surface area (Å²) in [7, 11) is -4.00. The second kappa shape index (κ2) is 8.14. The highest BCUT2D eigenvalue weighted by molar-refractivity contribution is 7.92. The Bertz CT molecular complexity index is 1470. The monoisotopic (exact) mass is 465 g/mol. The quantitative estimate of drug-likeness (QED) is 0.327. The topological polar surface area (TPSA) is 89.4 Å². The summed E-state index contributed by atoms with van der Waals surface area (Å²) in [5.41, 5.74) is 3.06. The van der Waals surface area contributed by atoms with Gasteiger partial charge in [-0.05, 0) is 35.9 Å². The molecule has 0 spiro atoms. The van der Waals surface area contributed by atoms with Gasteiger partial charge in [-0.15, -0.1) is 0 Å². The summed E-state index contributed by atoms with van der Waals surface area (Å²) in [6.45, 7) is 0.0504. The molecule has 0 unspecified atom stereocenters. The third kappa shape index (κ3) is 3.86. The van der Waals surface area contributed by atoms with Crippen molar-refractivity contribution in [1.29, 1.82) is 0 Å². The molecule has 0 aliphatic rings. The molecule has 0 aliphatic heterocycles. The minimum Gasteiger partial charge on any atom is -0.423 e. The van der Waals surface area contributed by atoms with E-state index in [1.807, 2.05) is 30.3 Å². The molecule has 160 valence electrons. The van der Waals surface area contributed by atoms with Gasteiger partial charge in [-0.2, -0.15) is 4.98 Å². The average Bonchev–Trinajstić information content (AvgIpc) is 3.48. The van der Waals surface area contributed by atoms with Gasteiger partial charge in [-0.25, -0.2) is 12.7 Å². The molecule has 0 N–H and O–H groups in total. The van der Waals surface area contributed by atoms with Gasteiger partial charge in [0.15, 0.2) is 5.58 Å². The van der Waals surface area contributed by atoms with E-state index < -0.39 is 10.0 Å². The Hall–Kier alpha value is -3.62. The summed E-state index contributed by atoms with van der Waals surface area (Å²) in [5, 5.41) is 4.36. The Morgan fingerprint density at radius 3 is 2.44 bits per heavy atom. The van der Waals surface area contributed by atoms with Crippen molar-refractivity contribution >= 4 is 38.7 Å². The molecule has 0 bridgehead atoms. The molecule has 9 heteroatoms. The molecule has 0 amide bonds. The Labute approximate surface area is 188 Å². The first-order valence-electron chi connectivity index (χ1n) is 9.64. The minimum atomic E-state index is -4.00. The molecule has 0 saturated heterocycles. The lowest BCUT2D eigenvalue weighted by atomic mass is 10.2. The summed E-state index contributed by atoms with van der Waals surface area (Å²) in [6, 6.07) is 22.3. The summed E-state index contributed by atoms with van der Waals surface area (Å²) in [6.07, 6.45) is 1.46. The fourth-order valence-electron chi connectivity index (χ4n) is 3.29. The molecule has 0 saturated carbocycles. The van der Waals surface area contributed by atoms with Crippen LogP contribution in [0.5, 0.6) is 0 Å². The number of fused-ring (bicyclic) bond motifs is 1. The highest BCUT2D eigenvalue weighted by Crippen LogP contribution is 2.30. The molecule has 2 aromatic heterocycles. The number of hydrogen-bond acceptors (Lipinski definition) is 6. The number of anilines is 1. The Kier molecular flexibility index (Phi) is 5.16. The van der Waals surface area contributed by atoms with Crippen molar-refractivity contribution in [3.8, 4) is 11.3 Å². The van der Waals surface area contributed by atoms with E-state index in [2.05, 4.69) is 10.1 Å². The standard InChI is InChI=1S/C23H16ClN3O4S/c24-18-8-11-22-21(14-18)25-23(31-22)27(15-16-4-2-1-3-5-16)32(28,29)19-9-6-17(7-10-19)20-12-13-30-26-20/h1-14H,15H2. The lowest BCUT2D eigenvalue weighted by Gasteiger charge is -2.21. The average molecular weight is 466 g/mol. The number of halogens is 1. The maximum Gasteiger partial charge on any atom is 0.313 e. The van der Waals surface area contributed by atoms with E-state index in [1.165, 1.54) is 18.4 Å². The predicted molar refractivity (Wildman–Crippen MR) is 121 cm³/mol. The zero-order valence-electron chi connectivity index (χ0n) is 16.6. The van der Waals surface area contributed by atoms with Gasteiger partial charge in [0.05, 0.1) is 11.4 Å². The van der Waals surface area contributed by atoms with Crippen LogP contribution in [-0.2, 0) is 16.6 Å². The van der Waals surface area contributed by atoms with E-state index in [4.69, 9.17) is 20.5 Å². The van der Waals surface area contributed by atoms with Gasteiger partial charge in [-0.3, -0.25) is 0 Å². The lowest BCUT2D eigenvalue weighted by Crippen LogP contribution is -2.30. The summed E-state index contributed by atoms with van der Waals surface area (Å²) in [5.74, 6) is 0. The number of sulfonamides is 1. The van der Waals surface area contributed by atoms with Gasteiger partial charge >= 0.3 is 6.01 Å². The van der Waals surface area contributed by atoms with Crippen LogP contribution < -0.4 is 4.31 Å². The number of aromatic nitrogens is 2. The second-order valence-electron chi connectivity index (χ2n) is 7.01. The fraction of sp³-hybridized carbons (Fsp3) is 0.0435. The smallest absolute Gasteiger partial charge is 0.313 e. The Morgan fingerprint density at radius 1 is 0.938 bits per heavy atom. The zero-order chi connectivity index (χ0) is 22.1. The molecule has 2 heterocycles. The summed E-state index contributed by atoms with van der Waals surface area (Å²) < 4.78 is 39.1. The Morgan fingerprint density at radius 2 is 1.72 bits per heavy atom. The van der Waals surface area contributed by atoms with Crippen LogP contribution in [0.2, 0.25) is 5.02 Å². The maximum absolute atomic E-state index is 13.6. The predicted octanol–water partition coefficient (Wildman–Crippen LogP) is 5.53. The number of nitrogens with zero attached hydrogens (tertiary/aromatic N) is 3. The van der Waals surface area contributed by atoms with E-state index >= 15 is 0 Å². The van der Waals surface area contributed by atoms with Crippen molar-refractivity contribution < 1.29 is 17.4 Å². The molecular weight excluding hydrogens is 450 g/mol. The number of oxazole rings is 1. The van der Waals surface area contributed by atoms with Crippen LogP contribution in [-0.4, -0.2) is 18.6 Å². The molecule has 3 aromatic carbocycles. The van der Waals surface area contributed by atoms with Crippen LogP contribution in [0.4, 0.5) is 6.01 Å². The molecule has 5 rings (SSSR count). The van der Waals surface area contributed by atoms with E-state index in [1.54, 1.807) is 36.4 Å². The highest BCUT2D eigenvalue weighted by atomic mass is 35.5. The van der Waals surface area contributed by atoms with E-state index in [0.717, 1.165) is 15.4 Å². The third-order valence-electron chi connectivity index (χ3n) is 4.90. The maximum atomic E-state index is 13.6. The molecule has 5 aromatic rings. The van der Waals surface area contributed by atoms with E-state index in [9.17, 15) is 8.42 Å². The first kappa shape index (κ1) is 20.3. The van der Waals surface area contributed by atoms with E-state index in [-0.39, 0.29) is 17.5 Å². The molecule has 0 atom stereocenters. The SMILES string of the molecule is O=S(=O)(c1ccc(-c2ccon2)cc1)N(Cc1ccccc1)c1nc2cc(Cl)ccc2o1. The molecule has 0 radical (unpaired) electrons. The normalized spacial score (nSPS) is 11.7. The Balaban J connectivity index is 1.58. The van der Waals surface area contributed by atoms with Gasteiger partial charge in [0.1, 0.15) is 17.5 Å². The molecule has 7 nitrogen and oxygen atoms in total. The van der Waals surface area contributed by atoms with Crippen LogP contribution in [0.1, 0.15) is 5.56 Å². The summed E-state index contributed by atoms with van der Waals surface area (Å²) in [4.78, 5) is 4.49. The molecule has 32 heavy (non-hydrogen) atoms. The molecule has 0 fully saturated rings. The lowest BCUT2D eigenvalue weighted by molar-refractivity contribution is 0.422. The number of benzene rings is 3. The van der Waals surface area contributed by atoms with Crippen molar-refractivity contribution in [2.75, 3.05) is 4.31 Å². The first-order chi connectivity index (χ1) is 15.5. The van der Waals surface area contributed by atoms with Crippen LogP contribution >= 0.6 is 11.6 Å². The zero-order valence-corrected chi connectivity index (χ0v) is 18.1. The largest absolute Gasteiger partial charge is 0.423 e. The van der Waals surface area contributed by atoms with Crippen molar-refractivity contribution in [2.24, 2.45) is 0 Å². The first-order valence-corrected chi connectivity index (χ1v) is 11.5. The van der Waals surface area contributed by atoms with Crippen molar-refractivity contribution in [2.45, 2.75) is 11.4 Å². The summed E-state index contributed by atoms with van der Waals surface area (Å²) >= 11 is 6.05. The minimum absolute atomic E-state index is 0.0355. The fourth-order valence-corrected chi connectivity index (χ4v) is 4.79. The van der Waals surface area contributed by atoms with Gasteiger partial charge in [0, 0.05) is 16.7 Å².